The van der Waals surface area contributed by atoms with Gasteiger partial charge in [0.1, 0.15) is 0 Å². The number of carbonyl (C=O) groups is 1. The van der Waals surface area contributed by atoms with Gasteiger partial charge in [-0.25, -0.2) is 0 Å². The van der Waals surface area contributed by atoms with Crippen molar-refractivity contribution in [3.8, 4) is 0 Å². The zero-order chi connectivity index (χ0) is 13.7. The van der Waals surface area contributed by atoms with E-state index in [0.717, 1.165) is 23.4 Å². The minimum atomic E-state index is -0.0558. The second-order valence-corrected chi connectivity index (χ2v) is 4.46. The summed E-state index contributed by atoms with van der Waals surface area (Å²) in [5, 5.41) is 10.3. The molecule has 0 atom stereocenters. The highest BCUT2D eigenvalue weighted by atomic mass is 16.1. The molecule has 0 aliphatic heterocycles. The molecule has 5 nitrogen and oxygen atoms in total. The predicted octanol–water partition coefficient (Wildman–Crippen LogP) is 1.67. The number of nitrogens with zero attached hydrogens (tertiary/aromatic N) is 2. The molecule has 0 aliphatic rings. The molecule has 0 saturated heterocycles. The van der Waals surface area contributed by atoms with Gasteiger partial charge in [-0.1, -0.05) is 18.2 Å². The summed E-state index contributed by atoms with van der Waals surface area (Å²) in [7, 11) is 1.90. The largest absolute Gasteiger partial charge is 0.326 e. The van der Waals surface area contributed by atoms with E-state index in [9.17, 15) is 4.79 Å². The summed E-state index contributed by atoms with van der Waals surface area (Å²) in [4.78, 5) is 11.1. The van der Waals surface area contributed by atoms with Crippen molar-refractivity contribution in [2.24, 2.45) is 7.05 Å². The van der Waals surface area contributed by atoms with Crippen LogP contribution in [0.3, 0.4) is 0 Å². The Kier molecular flexibility index (Phi) is 4.30. The lowest BCUT2D eigenvalue weighted by atomic mass is 10.1. The van der Waals surface area contributed by atoms with E-state index in [1.54, 1.807) is 4.68 Å². The highest BCUT2D eigenvalue weighted by molar-refractivity contribution is 5.89. The van der Waals surface area contributed by atoms with Gasteiger partial charge in [-0.3, -0.25) is 9.48 Å². The van der Waals surface area contributed by atoms with Gasteiger partial charge in [-0.05, 0) is 11.6 Å². The second kappa shape index (κ2) is 6.15. The number of aromatic nitrogens is 2. The fourth-order valence-electron chi connectivity index (χ4n) is 1.89. The van der Waals surface area contributed by atoms with Gasteiger partial charge in [0, 0.05) is 44.5 Å². The first-order valence-electron chi connectivity index (χ1n) is 6.19. The van der Waals surface area contributed by atoms with Gasteiger partial charge in [0.15, 0.2) is 0 Å². The van der Waals surface area contributed by atoms with Crippen LogP contribution in [0, 0.1) is 0 Å². The summed E-state index contributed by atoms with van der Waals surface area (Å²) in [5.41, 5.74) is 3.06. The summed E-state index contributed by atoms with van der Waals surface area (Å²) in [6.07, 6.45) is 3.82. The van der Waals surface area contributed by atoms with Gasteiger partial charge in [0.25, 0.3) is 0 Å². The van der Waals surface area contributed by atoms with Crippen LogP contribution in [0.5, 0.6) is 0 Å². The monoisotopic (exact) mass is 258 g/mol. The number of benzene rings is 1. The number of carbonyl (C=O) groups excluding carboxylic acids is 1. The third-order valence-electron chi connectivity index (χ3n) is 2.73. The fraction of sp³-hybridized carbons (Fsp3) is 0.286. The molecule has 1 amide bonds. The van der Waals surface area contributed by atoms with Crippen molar-refractivity contribution in [3.05, 3.63) is 47.8 Å². The molecule has 19 heavy (non-hydrogen) atoms. The molecule has 5 heteroatoms. The molecule has 0 fully saturated rings. The standard InChI is InChI=1S/C14H18N4O/c1-11(19)17-14-6-4-3-5-13(14)9-15-7-12-8-16-18(2)10-12/h3-6,8,10,15H,7,9H2,1-2H3,(H,17,19). The second-order valence-electron chi connectivity index (χ2n) is 4.46. The van der Waals surface area contributed by atoms with E-state index in [1.165, 1.54) is 6.92 Å². The quantitative estimate of drug-likeness (QED) is 0.857. The Morgan fingerprint density at radius 1 is 1.32 bits per heavy atom. The molecule has 1 aromatic heterocycles. The number of rotatable bonds is 5. The lowest BCUT2D eigenvalue weighted by Gasteiger charge is -2.10. The molecule has 2 aromatic rings. The third kappa shape index (κ3) is 3.93. The Bertz CT molecular complexity index is 562. The van der Waals surface area contributed by atoms with Crippen LogP contribution in [-0.4, -0.2) is 15.7 Å². The molecule has 0 spiro atoms. The zero-order valence-corrected chi connectivity index (χ0v) is 11.2. The molecular weight excluding hydrogens is 240 g/mol. The fourth-order valence-corrected chi connectivity index (χ4v) is 1.89. The van der Waals surface area contributed by atoms with Crippen molar-refractivity contribution >= 4 is 11.6 Å². The number of anilines is 1. The topological polar surface area (TPSA) is 59.0 Å². The number of amides is 1. The van der Waals surface area contributed by atoms with E-state index in [-0.39, 0.29) is 5.91 Å². The minimum Gasteiger partial charge on any atom is -0.326 e. The Morgan fingerprint density at radius 2 is 2.11 bits per heavy atom. The van der Waals surface area contributed by atoms with Crippen LogP contribution < -0.4 is 10.6 Å². The van der Waals surface area contributed by atoms with Crippen molar-refractivity contribution in [1.29, 1.82) is 0 Å². The molecular formula is C14H18N4O. The number of hydrogen-bond acceptors (Lipinski definition) is 3. The van der Waals surface area contributed by atoms with E-state index >= 15 is 0 Å². The van der Waals surface area contributed by atoms with Crippen LogP contribution in [0.1, 0.15) is 18.1 Å². The highest BCUT2D eigenvalue weighted by Crippen LogP contribution is 2.14. The van der Waals surface area contributed by atoms with Gasteiger partial charge in [-0.15, -0.1) is 0 Å². The van der Waals surface area contributed by atoms with Crippen LogP contribution in [0.25, 0.3) is 0 Å². The Labute approximate surface area is 112 Å². The summed E-state index contributed by atoms with van der Waals surface area (Å²) < 4.78 is 1.78. The first-order valence-corrected chi connectivity index (χ1v) is 6.19. The molecule has 2 N–H and O–H groups in total. The maximum absolute atomic E-state index is 11.1. The van der Waals surface area contributed by atoms with Gasteiger partial charge < -0.3 is 10.6 Å². The average molecular weight is 258 g/mol. The highest BCUT2D eigenvalue weighted by Gasteiger charge is 2.03. The van der Waals surface area contributed by atoms with Crippen molar-refractivity contribution in [2.45, 2.75) is 20.0 Å². The molecule has 0 radical (unpaired) electrons. The summed E-state index contributed by atoms with van der Waals surface area (Å²) >= 11 is 0. The van der Waals surface area contributed by atoms with Gasteiger partial charge in [-0.2, -0.15) is 5.10 Å². The van der Waals surface area contributed by atoms with E-state index in [4.69, 9.17) is 0 Å². The summed E-state index contributed by atoms with van der Waals surface area (Å²) in [6, 6.07) is 7.78. The van der Waals surface area contributed by atoms with Crippen LogP contribution in [-0.2, 0) is 24.9 Å². The normalized spacial score (nSPS) is 10.4. The van der Waals surface area contributed by atoms with Crippen LogP contribution in [0.15, 0.2) is 36.7 Å². The van der Waals surface area contributed by atoms with Crippen LogP contribution >= 0.6 is 0 Å². The van der Waals surface area contributed by atoms with Gasteiger partial charge in [0.2, 0.25) is 5.91 Å². The van der Waals surface area contributed by atoms with Crippen LogP contribution in [0.2, 0.25) is 0 Å². The van der Waals surface area contributed by atoms with Gasteiger partial charge >= 0.3 is 0 Å². The number of nitrogens with one attached hydrogen (secondary N) is 2. The first-order chi connectivity index (χ1) is 9.15. The van der Waals surface area contributed by atoms with E-state index in [2.05, 4.69) is 15.7 Å². The smallest absolute Gasteiger partial charge is 0.221 e. The molecule has 0 bridgehead atoms. The predicted molar refractivity (Wildman–Crippen MR) is 74.5 cm³/mol. The van der Waals surface area contributed by atoms with E-state index < -0.39 is 0 Å². The Hall–Kier alpha value is -2.14. The Morgan fingerprint density at radius 3 is 2.79 bits per heavy atom. The van der Waals surface area contributed by atoms with Gasteiger partial charge in [0.05, 0.1) is 6.20 Å². The van der Waals surface area contributed by atoms with Crippen molar-refractivity contribution in [1.82, 2.24) is 15.1 Å². The third-order valence-corrected chi connectivity index (χ3v) is 2.73. The van der Waals surface area contributed by atoms with Crippen molar-refractivity contribution < 1.29 is 4.79 Å². The molecule has 1 heterocycles. The lowest BCUT2D eigenvalue weighted by molar-refractivity contribution is -0.114. The molecule has 1 aromatic carbocycles. The number of hydrogen-bond donors (Lipinski definition) is 2. The molecule has 2 rings (SSSR count). The lowest BCUT2D eigenvalue weighted by Crippen LogP contribution is -2.15. The number of para-hydroxylation sites is 1. The molecule has 100 valence electrons. The SMILES string of the molecule is CC(=O)Nc1ccccc1CNCc1cnn(C)c1. The molecule has 0 saturated carbocycles. The molecule has 0 unspecified atom stereocenters. The maximum Gasteiger partial charge on any atom is 0.221 e. The minimum absolute atomic E-state index is 0.0558. The van der Waals surface area contributed by atoms with Crippen molar-refractivity contribution in [3.63, 3.8) is 0 Å². The first kappa shape index (κ1) is 13.3. The van der Waals surface area contributed by atoms with E-state index in [1.807, 2.05) is 43.7 Å². The average Bonchev–Trinajstić information content (AvgIpc) is 2.77. The van der Waals surface area contributed by atoms with E-state index in [0.29, 0.717) is 6.54 Å². The maximum atomic E-state index is 11.1. The number of aryl methyl sites for hydroxylation is 1. The van der Waals surface area contributed by atoms with Crippen LogP contribution in [0.4, 0.5) is 5.69 Å². The summed E-state index contributed by atoms with van der Waals surface area (Å²) in [5.74, 6) is -0.0558. The Balaban J connectivity index is 1.93. The zero-order valence-electron chi connectivity index (χ0n) is 11.2. The molecule has 0 aliphatic carbocycles. The van der Waals surface area contributed by atoms with Crippen molar-refractivity contribution in [2.75, 3.05) is 5.32 Å². The summed E-state index contributed by atoms with van der Waals surface area (Å²) in [6.45, 7) is 2.97.